The zero-order valence-electron chi connectivity index (χ0n) is 10.7. The van der Waals surface area contributed by atoms with E-state index in [1.54, 1.807) is 6.07 Å². The molecule has 0 radical (unpaired) electrons. The first-order valence-corrected chi connectivity index (χ1v) is 7.23. The quantitative estimate of drug-likeness (QED) is 0.930. The van der Waals surface area contributed by atoms with Crippen LogP contribution in [-0.2, 0) is 6.42 Å². The van der Waals surface area contributed by atoms with Crippen LogP contribution in [0, 0.1) is 5.82 Å². The van der Waals surface area contributed by atoms with Crippen molar-refractivity contribution in [3.63, 3.8) is 0 Å². The summed E-state index contributed by atoms with van der Waals surface area (Å²) in [5, 5.41) is 0. The summed E-state index contributed by atoms with van der Waals surface area (Å²) >= 11 is 3.44. The third kappa shape index (κ3) is 2.16. The number of hydrogen-bond donors (Lipinski definition) is 1. The Morgan fingerprint density at radius 2 is 2.21 bits per heavy atom. The molecule has 1 aromatic heterocycles. The molecule has 2 aromatic rings. The third-order valence-electron chi connectivity index (χ3n) is 3.43. The van der Waals surface area contributed by atoms with Crippen LogP contribution in [-0.4, -0.2) is 9.55 Å². The minimum absolute atomic E-state index is 0.281. The molecular weight excluding hydrogens is 309 g/mol. The molecule has 2 N–H and O–H groups in total. The SMILES string of the molecule is CCc1nc(-c2cc(F)ccc2Br)c(N)n1C1CC1. The molecule has 0 spiro atoms. The van der Waals surface area contributed by atoms with E-state index in [4.69, 9.17) is 5.73 Å². The molecule has 1 aromatic carbocycles. The van der Waals surface area contributed by atoms with Gasteiger partial charge in [-0.3, -0.25) is 0 Å². The van der Waals surface area contributed by atoms with E-state index in [1.165, 1.54) is 12.1 Å². The first-order valence-electron chi connectivity index (χ1n) is 6.43. The van der Waals surface area contributed by atoms with Gasteiger partial charge >= 0.3 is 0 Å². The van der Waals surface area contributed by atoms with Crippen LogP contribution < -0.4 is 5.73 Å². The standard InChI is InChI=1S/C14H15BrFN3/c1-2-12-18-13(14(17)19(12)9-4-5-9)10-7-8(16)3-6-11(10)15/h3,6-7,9H,2,4-5,17H2,1H3. The zero-order chi connectivity index (χ0) is 13.6. The Morgan fingerprint density at radius 1 is 1.47 bits per heavy atom. The summed E-state index contributed by atoms with van der Waals surface area (Å²) in [5.74, 6) is 1.34. The first kappa shape index (κ1) is 12.7. The lowest BCUT2D eigenvalue weighted by Crippen LogP contribution is -2.04. The van der Waals surface area contributed by atoms with Crippen LogP contribution in [0.25, 0.3) is 11.3 Å². The number of imidazole rings is 1. The lowest BCUT2D eigenvalue weighted by atomic mass is 10.1. The Morgan fingerprint density at radius 3 is 2.84 bits per heavy atom. The van der Waals surface area contributed by atoms with Gasteiger partial charge in [-0.05, 0) is 31.0 Å². The average Bonchev–Trinajstić information content (AvgIpc) is 3.17. The molecule has 1 aliphatic rings. The predicted octanol–water partition coefficient (Wildman–Crippen LogP) is 3.93. The number of nitrogen functional groups attached to an aromatic ring is 1. The van der Waals surface area contributed by atoms with Gasteiger partial charge in [0.2, 0.25) is 0 Å². The highest BCUT2D eigenvalue weighted by Gasteiger charge is 2.29. The zero-order valence-corrected chi connectivity index (χ0v) is 12.2. The molecule has 19 heavy (non-hydrogen) atoms. The van der Waals surface area contributed by atoms with E-state index in [0.29, 0.717) is 23.1 Å². The van der Waals surface area contributed by atoms with E-state index < -0.39 is 0 Å². The first-order chi connectivity index (χ1) is 9.11. The molecule has 1 fully saturated rings. The van der Waals surface area contributed by atoms with Crippen LogP contribution >= 0.6 is 15.9 Å². The second-order valence-electron chi connectivity index (χ2n) is 4.84. The molecule has 0 unspecified atom stereocenters. The highest BCUT2D eigenvalue weighted by Crippen LogP contribution is 2.42. The van der Waals surface area contributed by atoms with Crippen molar-refractivity contribution in [2.24, 2.45) is 0 Å². The fourth-order valence-corrected chi connectivity index (χ4v) is 2.79. The van der Waals surface area contributed by atoms with Crippen LogP contribution in [0.5, 0.6) is 0 Å². The Bertz CT molecular complexity index is 632. The van der Waals surface area contributed by atoms with Gasteiger partial charge in [-0.1, -0.05) is 22.9 Å². The minimum Gasteiger partial charge on any atom is -0.383 e. The minimum atomic E-state index is -0.281. The molecule has 3 nitrogen and oxygen atoms in total. The highest BCUT2D eigenvalue weighted by molar-refractivity contribution is 9.10. The topological polar surface area (TPSA) is 43.8 Å². The van der Waals surface area contributed by atoms with Gasteiger partial charge < -0.3 is 10.3 Å². The summed E-state index contributed by atoms with van der Waals surface area (Å²) in [5.41, 5.74) is 7.62. The largest absolute Gasteiger partial charge is 0.383 e. The van der Waals surface area contributed by atoms with E-state index in [2.05, 4.69) is 32.4 Å². The second-order valence-corrected chi connectivity index (χ2v) is 5.70. The van der Waals surface area contributed by atoms with Crippen LogP contribution in [0.1, 0.15) is 31.6 Å². The van der Waals surface area contributed by atoms with Gasteiger partial charge in [0.1, 0.15) is 23.2 Å². The monoisotopic (exact) mass is 323 g/mol. The summed E-state index contributed by atoms with van der Waals surface area (Å²) in [7, 11) is 0. The van der Waals surface area contributed by atoms with Crippen LogP contribution in [0.3, 0.4) is 0 Å². The van der Waals surface area contributed by atoms with Crippen LogP contribution in [0.4, 0.5) is 10.2 Å². The Balaban J connectivity index is 2.17. The number of hydrogen-bond acceptors (Lipinski definition) is 2. The van der Waals surface area contributed by atoms with Gasteiger partial charge in [-0.2, -0.15) is 0 Å². The smallest absolute Gasteiger partial charge is 0.132 e. The number of rotatable bonds is 3. The molecule has 0 saturated heterocycles. The number of nitrogens with two attached hydrogens (primary N) is 1. The van der Waals surface area contributed by atoms with Crippen molar-refractivity contribution in [1.29, 1.82) is 0 Å². The normalized spacial score (nSPS) is 14.9. The van der Waals surface area contributed by atoms with Crippen molar-refractivity contribution >= 4 is 21.7 Å². The summed E-state index contributed by atoms with van der Waals surface area (Å²) < 4.78 is 16.3. The molecule has 0 bridgehead atoms. The Hall–Kier alpha value is -1.36. The fourth-order valence-electron chi connectivity index (χ4n) is 2.36. The lowest BCUT2D eigenvalue weighted by Gasteiger charge is -2.07. The summed E-state index contributed by atoms with van der Waals surface area (Å²) in [4.78, 5) is 4.60. The lowest BCUT2D eigenvalue weighted by molar-refractivity contribution is 0.628. The molecule has 5 heteroatoms. The number of benzene rings is 1. The van der Waals surface area contributed by atoms with Gasteiger partial charge in [0, 0.05) is 22.5 Å². The third-order valence-corrected chi connectivity index (χ3v) is 4.12. The summed E-state index contributed by atoms with van der Waals surface area (Å²) in [6.07, 6.45) is 3.13. The molecule has 3 rings (SSSR count). The highest BCUT2D eigenvalue weighted by atomic mass is 79.9. The van der Waals surface area contributed by atoms with Gasteiger partial charge in [0.15, 0.2) is 0 Å². The van der Waals surface area contributed by atoms with E-state index >= 15 is 0 Å². The second kappa shape index (κ2) is 4.63. The number of halogens is 2. The maximum atomic E-state index is 13.4. The number of nitrogens with zero attached hydrogens (tertiary/aromatic N) is 2. The van der Waals surface area contributed by atoms with E-state index in [0.717, 1.165) is 29.6 Å². The average molecular weight is 324 g/mol. The van der Waals surface area contributed by atoms with Crippen molar-refractivity contribution in [1.82, 2.24) is 9.55 Å². The summed E-state index contributed by atoms with van der Waals surface area (Å²) in [6.45, 7) is 2.06. The van der Waals surface area contributed by atoms with Crippen molar-refractivity contribution in [3.05, 3.63) is 34.3 Å². The number of anilines is 1. The van der Waals surface area contributed by atoms with Gasteiger partial charge in [-0.15, -0.1) is 0 Å². The van der Waals surface area contributed by atoms with Crippen molar-refractivity contribution in [2.45, 2.75) is 32.2 Å². The summed E-state index contributed by atoms with van der Waals surface area (Å²) in [6, 6.07) is 5.05. The fraction of sp³-hybridized carbons (Fsp3) is 0.357. The Labute approximate surface area is 119 Å². The predicted molar refractivity (Wildman–Crippen MR) is 77.4 cm³/mol. The van der Waals surface area contributed by atoms with Gasteiger partial charge in [-0.25, -0.2) is 9.37 Å². The molecule has 0 atom stereocenters. The molecule has 1 saturated carbocycles. The molecule has 0 aliphatic heterocycles. The van der Waals surface area contributed by atoms with E-state index in [-0.39, 0.29) is 5.82 Å². The van der Waals surface area contributed by atoms with Gasteiger partial charge in [0.05, 0.1) is 0 Å². The molecule has 1 heterocycles. The van der Waals surface area contributed by atoms with E-state index in [1.807, 2.05) is 0 Å². The van der Waals surface area contributed by atoms with Crippen molar-refractivity contribution in [3.8, 4) is 11.3 Å². The van der Waals surface area contributed by atoms with Crippen molar-refractivity contribution < 1.29 is 4.39 Å². The maximum Gasteiger partial charge on any atom is 0.132 e. The van der Waals surface area contributed by atoms with E-state index in [9.17, 15) is 4.39 Å². The molecule has 100 valence electrons. The Kier molecular flexibility index (Phi) is 3.09. The maximum absolute atomic E-state index is 13.4. The van der Waals surface area contributed by atoms with Gasteiger partial charge in [0.25, 0.3) is 0 Å². The molecule has 0 amide bonds. The number of aryl methyl sites for hydroxylation is 1. The molecular formula is C14H15BrFN3. The van der Waals surface area contributed by atoms with Crippen LogP contribution in [0.2, 0.25) is 0 Å². The van der Waals surface area contributed by atoms with Crippen molar-refractivity contribution in [2.75, 3.05) is 5.73 Å². The molecule has 1 aliphatic carbocycles. The number of aromatic nitrogens is 2. The van der Waals surface area contributed by atoms with Crippen LogP contribution in [0.15, 0.2) is 22.7 Å².